The highest BCUT2D eigenvalue weighted by atomic mass is 35.5. The lowest BCUT2D eigenvalue weighted by molar-refractivity contribution is 0.277. The second-order valence-corrected chi connectivity index (χ2v) is 6.22. The standard InChI is InChI=1S/C15H24ClN/c1-7-17-14(15(4,5)6)12-8-10(2)11(3)9-13(12)16/h8-9,14,17H,7H2,1-6H3. The number of halogens is 1. The molecule has 96 valence electrons. The Bertz CT molecular complexity index is 391. The second-order valence-electron chi connectivity index (χ2n) is 5.81. The molecule has 0 bridgehead atoms. The zero-order chi connectivity index (χ0) is 13.2. The van der Waals surface area contributed by atoms with Crippen LogP contribution >= 0.6 is 11.6 Å². The van der Waals surface area contributed by atoms with Crippen LogP contribution in [-0.4, -0.2) is 6.54 Å². The minimum atomic E-state index is 0.154. The third-order valence-electron chi connectivity index (χ3n) is 3.20. The van der Waals surface area contributed by atoms with Gasteiger partial charge in [0.15, 0.2) is 0 Å². The number of hydrogen-bond donors (Lipinski definition) is 1. The minimum Gasteiger partial charge on any atom is -0.310 e. The van der Waals surface area contributed by atoms with Crippen molar-refractivity contribution in [3.63, 3.8) is 0 Å². The fourth-order valence-corrected chi connectivity index (χ4v) is 2.44. The smallest absolute Gasteiger partial charge is 0.0456 e. The Labute approximate surface area is 111 Å². The van der Waals surface area contributed by atoms with Crippen molar-refractivity contribution < 1.29 is 0 Å². The van der Waals surface area contributed by atoms with E-state index in [9.17, 15) is 0 Å². The van der Waals surface area contributed by atoms with E-state index >= 15 is 0 Å². The summed E-state index contributed by atoms with van der Waals surface area (Å²) in [6.07, 6.45) is 0. The molecule has 0 spiro atoms. The summed E-state index contributed by atoms with van der Waals surface area (Å²) in [4.78, 5) is 0. The average Bonchev–Trinajstić information content (AvgIpc) is 2.19. The van der Waals surface area contributed by atoms with Crippen molar-refractivity contribution in [1.82, 2.24) is 5.32 Å². The van der Waals surface area contributed by atoms with E-state index in [2.05, 4.69) is 59.0 Å². The van der Waals surface area contributed by atoms with Crippen LogP contribution < -0.4 is 5.32 Å². The summed E-state index contributed by atoms with van der Waals surface area (Å²) < 4.78 is 0. The maximum absolute atomic E-state index is 6.40. The highest BCUT2D eigenvalue weighted by Crippen LogP contribution is 2.37. The van der Waals surface area contributed by atoms with Gasteiger partial charge in [-0.2, -0.15) is 0 Å². The molecule has 1 unspecified atom stereocenters. The highest BCUT2D eigenvalue weighted by molar-refractivity contribution is 6.31. The Morgan fingerprint density at radius 3 is 2.18 bits per heavy atom. The molecule has 0 aromatic heterocycles. The molecule has 1 rings (SSSR count). The quantitative estimate of drug-likeness (QED) is 0.827. The first-order valence-electron chi connectivity index (χ1n) is 6.27. The molecule has 1 N–H and O–H groups in total. The number of rotatable bonds is 3. The molecule has 1 nitrogen and oxygen atoms in total. The van der Waals surface area contributed by atoms with E-state index in [1.807, 2.05) is 0 Å². The molecule has 0 amide bonds. The van der Waals surface area contributed by atoms with Gasteiger partial charge in [0.05, 0.1) is 0 Å². The summed E-state index contributed by atoms with van der Waals surface area (Å²) in [5.41, 5.74) is 3.92. The van der Waals surface area contributed by atoms with Gasteiger partial charge in [0.25, 0.3) is 0 Å². The SMILES string of the molecule is CCNC(c1cc(C)c(C)cc1Cl)C(C)(C)C. The van der Waals surface area contributed by atoms with Crippen LogP contribution in [0.5, 0.6) is 0 Å². The molecule has 17 heavy (non-hydrogen) atoms. The number of benzene rings is 1. The first-order chi connectivity index (χ1) is 7.77. The molecule has 0 saturated heterocycles. The molecule has 0 heterocycles. The monoisotopic (exact) mass is 253 g/mol. The molecule has 0 radical (unpaired) electrons. The zero-order valence-corrected chi connectivity index (χ0v) is 12.6. The van der Waals surface area contributed by atoms with E-state index in [4.69, 9.17) is 11.6 Å². The Hall–Kier alpha value is -0.530. The van der Waals surface area contributed by atoms with Crippen molar-refractivity contribution in [1.29, 1.82) is 0 Å². The zero-order valence-electron chi connectivity index (χ0n) is 11.8. The van der Waals surface area contributed by atoms with Crippen molar-refractivity contribution in [2.75, 3.05) is 6.54 Å². The lowest BCUT2D eigenvalue weighted by Gasteiger charge is -2.33. The summed E-state index contributed by atoms with van der Waals surface area (Å²) in [5, 5.41) is 4.41. The summed E-state index contributed by atoms with van der Waals surface area (Å²) in [7, 11) is 0. The molecule has 0 aliphatic heterocycles. The average molecular weight is 254 g/mol. The van der Waals surface area contributed by atoms with Gasteiger partial charge in [0.1, 0.15) is 0 Å². The Balaban J connectivity index is 3.23. The molecule has 1 aromatic rings. The Morgan fingerprint density at radius 1 is 1.18 bits per heavy atom. The van der Waals surface area contributed by atoms with Crippen LogP contribution in [0.4, 0.5) is 0 Å². The minimum absolute atomic E-state index is 0.154. The summed E-state index contributed by atoms with van der Waals surface area (Å²) >= 11 is 6.40. The van der Waals surface area contributed by atoms with Crippen molar-refractivity contribution >= 4 is 11.6 Å². The van der Waals surface area contributed by atoms with Crippen LogP contribution in [-0.2, 0) is 0 Å². The van der Waals surface area contributed by atoms with Crippen LogP contribution in [0.25, 0.3) is 0 Å². The fourth-order valence-electron chi connectivity index (χ4n) is 2.11. The summed E-state index contributed by atoms with van der Waals surface area (Å²) in [6.45, 7) is 14.0. The van der Waals surface area contributed by atoms with Crippen LogP contribution in [0.2, 0.25) is 5.02 Å². The Morgan fingerprint density at radius 2 is 1.71 bits per heavy atom. The van der Waals surface area contributed by atoms with Gasteiger partial charge in [-0.15, -0.1) is 0 Å². The molecule has 0 aliphatic rings. The predicted octanol–water partition coefficient (Wildman–Crippen LogP) is 4.65. The maximum Gasteiger partial charge on any atom is 0.0456 e. The molecule has 0 saturated carbocycles. The first kappa shape index (κ1) is 14.5. The third kappa shape index (κ3) is 3.46. The van der Waals surface area contributed by atoms with Gasteiger partial charge in [-0.25, -0.2) is 0 Å². The van der Waals surface area contributed by atoms with Gasteiger partial charge >= 0.3 is 0 Å². The van der Waals surface area contributed by atoms with Crippen LogP contribution in [0.3, 0.4) is 0 Å². The van der Waals surface area contributed by atoms with Crippen molar-refractivity contribution in [3.8, 4) is 0 Å². The first-order valence-corrected chi connectivity index (χ1v) is 6.65. The third-order valence-corrected chi connectivity index (χ3v) is 3.53. The van der Waals surface area contributed by atoms with Crippen molar-refractivity contribution in [3.05, 3.63) is 33.8 Å². The van der Waals surface area contributed by atoms with Crippen LogP contribution in [0.15, 0.2) is 12.1 Å². The number of aryl methyl sites for hydroxylation is 2. The fraction of sp³-hybridized carbons (Fsp3) is 0.600. The summed E-state index contributed by atoms with van der Waals surface area (Å²) in [6, 6.07) is 4.58. The van der Waals surface area contributed by atoms with Gasteiger partial charge < -0.3 is 5.32 Å². The maximum atomic E-state index is 6.40. The molecule has 0 aliphatic carbocycles. The second kappa shape index (κ2) is 5.41. The van der Waals surface area contributed by atoms with Crippen molar-refractivity contribution in [2.24, 2.45) is 5.41 Å². The lowest BCUT2D eigenvalue weighted by atomic mass is 9.81. The van der Waals surface area contributed by atoms with Gasteiger partial charge in [-0.05, 0) is 48.6 Å². The van der Waals surface area contributed by atoms with E-state index in [0.29, 0.717) is 6.04 Å². The van der Waals surface area contributed by atoms with E-state index in [0.717, 1.165) is 11.6 Å². The highest BCUT2D eigenvalue weighted by Gasteiger charge is 2.27. The van der Waals surface area contributed by atoms with E-state index in [-0.39, 0.29) is 5.41 Å². The normalized spacial score (nSPS) is 13.8. The predicted molar refractivity (Wildman–Crippen MR) is 76.8 cm³/mol. The molecular weight excluding hydrogens is 230 g/mol. The number of hydrogen-bond acceptors (Lipinski definition) is 1. The molecular formula is C15H24ClN. The van der Waals surface area contributed by atoms with Crippen molar-refractivity contribution in [2.45, 2.75) is 47.6 Å². The molecule has 0 fully saturated rings. The van der Waals surface area contributed by atoms with Gasteiger partial charge in [-0.3, -0.25) is 0 Å². The Kier molecular flexibility index (Phi) is 4.62. The van der Waals surface area contributed by atoms with Crippen LogP contribution in [0.1, 0.15) is 50.4 Å². The lowest BCUT2D eigenvalue weighted by Crippen LogP contribution is -2.32. The largest absolute Gasteiger partial charge is 0.310 e. The molecule has 1 aromatic carbocycles. The van der Waals surface area contributed by atoms with Gasteiger partial charge in [0.2, 0.25) is 0 Å². The molecule has 1 atom stereocenters. The van der Waals surface area contributed by atoms with E-state index in [1.165, 1.54) is 16.7 Å². The summed E-state index contributed by atoms with van der Waals surface area (Å²) in [5.74, 6) is 0. The van der Waals surface area contributed by atoms with E-state index < -0.39 is 0 Å². The topological polar surface area (TPSA) is 12.0 Å². The molecule has 2 heteroatoms. The van der Waals surface area contributed by atoms with E-state index in [1.54, 1.807) is 0 Å². The van der Waals surface area contributed by atoms with Gasteiger partial charge in [-0.1, -0.05) is 45.4 Å². The van der Waals surface area contributed by atoms with Crippen LogP contribution in [0, 0.1) is 19.3 Å². The number of nitrogens with one attached hydrogen (secondary N) is 1. The van der Waals surface area contributed by atoms with Gasteiger partial charge in [0, 0.05) is 11.1 Å².